The number of nitro groups is 1. The first-order chi connectivity index (χ1) is 17.3. The molecule has 4 aromatic rings. The highest BCUT2D eigenvalue weighted by Crippen LogP contribution is 2.28. The van der Waals surface area contributed by atoms with Crippen molar-refractivity contribution < 1.29 is 14.1 Å². The van der Waals surface area contributed by atoms with Crippen LogP contribution in [0, 0.1) is 22.9 Å². The fourth-order valence-corrected chi connectivity index (χ4v) is 4.37. The molecule has 0 saturated carbocycles. The highest BCUT2D eigenvalue weighted by atomic mass is 19.1. The molecule has 0 fully saturated rings. The van der Waals surface area contributed by atoms with Gasteiger partial charge in [-0.3, -0.25) is 24.3 Å². The van der Waals surface area contributed by atoms with Crippen molar-refractivity contribution >= 4 is 22.5 Å². The number of aromatic nitrogens is 2. The normalized spacial score (nSPS) is 11.9. The maximum absolute atomic E-state index is 13.7. The number of para-hydroxylation sites is 1. The van der Waals surface area contributed by atoms with Gasteiger partial charge < -0.3 is 4.90 Å². The number of halogens is 1. The van der Waals surface area contributed by atoms with E-state index in [1.54, 1.807) is 55.1 Å². The molecule has 0 N–H and O–H groups in total. The Bertz CT molecular complexity index is 1510. The van der Waals surface area contributed by atoms with Crippen LogP contribution in [0.4, 0.5) is 10.1 Å². The van der Waals surface area contributed by atoms with Crippen LogP contribution in [0.3, 0.4) is 0 Å². The summed E-state index contributed by atoms with van der Waals surface area (Å²) in [5.41, 5.74) is 1.04. The standard InChI is InChI=1S/C27H25FN4O4/c1-4-23(30(5-2)26(33)18-11-10-17(3)24(16-18)32(35)36)25-29-22-9-7-6-8-21(22)27(34)31(25)20-14-12-19(28)13-15-20/h6-16,23H,4-5H2,1-3H3. The first-order valence-electron chi connectivity index (χ1n) is 11.6. The minimum Gasteiger partial charge on any atom is -0.329 e. The second-order valence-electron chi connectivity index (χ2n) is 8.38. The van der Waals surface area contributed by atoms with Crippen LogP contribution in [0.15, 0.2) is 71.5 Å². The quantitative estimate of drug-likeness (QED) is 0.258. The van der Waals surface area contributed by atoms with Gasteiger partial charge in [-0.15, -0.1) is 0 Å². The average molecular weight is 489 g/mol. The van der Waals surface area contributed by atoms with Gasteiger partial charge in [0.1, 0.15) is 11.6 Å². The Labute approximate surface area is 206 Å². The second-order valence-corrected chi connectivity index (χ2v) is 8.38. The molecule has 0 saturated heterocycles. The molecule has 0 aliphatic rings. The van der Waals surface area contributed by atoms with Gasteiger partial charge in [0.05, 0.1) is 27.6 Å². The van der Waals surface area contributed by atoms with Gasteiger partial charge in [0.15, 0.2) is 0 Å². The number of carbonyl (C=O) groups excluding carboxylic acids is 1. The van der Waals surface area contributed by atoms with Gasteiger partial charge in [-0.2, -0.15) is 0 Å². The Hall–Kier alpha value is -4.40. The number of hydrogen-bond acceptors (Lipinski definition) is 5. The molecule has 1 atom stereocenters. The van der Waals surface area contributed by atoms with Crippen LogP contribution in [0.1, 0.15) is 48.1 Å². The van der Waals surface area contributed by atoms with Crippen molar-refractivity contribution in [1.82, 2.24) is 14.5 Å². The van der Waals surface area contributed by atoms with Crippen molar-refractivity contribution in [2.45, 2.75) is 33.2 Å². The van der Waals surface area contributed by atoms with Gasteiger partial charge in [-0.25, -0.2) is 9.37 Å². The van der Waals surface area contributed by atoms with Crippen LogP contribution in [0.5, 0.6) is 0 Å². The number of hydrogen-bond donors (Lipinski definition) is 0. The molecule has 0 spiro atoms. The number of aryl methyl sites for hydroxylation is 1. The summed E-state index contributed by atoms with van der Waals surface area (Å²) in [6, 6.07) is 16.1. The zero-order valence-electron chi connectivity index (χ0n) is 20.1. The maximum atomic E-state index is 13.7. The molecule has 8 nitrogen and oxygen atoms in total. The maximum Gasteiger partial charge on any atom is 0.273 e. The molecule has 0 bridgehead atoms. The molecule has 36 heavy (non-hydrogen) atoms. The van der Waals surface area contributed by atoms with E-state index < -0.39 is 22.7 Å². The molecule has 1 aromatic heterocycles. The molecule has 0 aliphatic carbocycles. The summed E-state index contributed by atoms with van der Waals surface area (Å²) >= 11 is 0. The summed E-state index contributed by atoms with van der Waals surface area (Å²) in [7, 11) is 0. The summed E-state index contributed by atoms with van der Waals surface area (Å²) < 4.78 is 15.1. The zero-order chi connectivity index (χ0) is 26.0. The van der Waals surface area contributed by atoms with Gasteiger partial charge in [0, 0.05) is 23.7 Å². The van der Waals surface area contributed by atoms with Crippen LogP contribution >= 0.6 is 0 Å². The van der Waals surface area contributed by atoms with E-state index >= 15 is 0 Å². The highest BCUT2D eigenvalue weighted by Gasteiger charge is 2.29. The smallest absolute Gasteiger partial charge is 0.273 e. The number of fused-ring (bicyclic) bond motifs is 1. The van der Waals surface area contributed by atoms with Gasteiger partial charge in [-0.1, -0.05) is 25.1 Å². The van der Waals surface area contributed by atoms with E-state index in [1.807, 2.05) is 6.92 Å². The van der Waals surface area contributed by atoms with Gasteiger partial charge in [-0.05, 0) is 62.7 Å². The summed E-state index contributed by atoms with van der Waals surface area (Å²) in [4.78, 5) is 44.5. The van der Waals surface area contributed by atoms with Crippen LogP contribution in [-0.4, -0.2) is 31.8 Å². The first kappa shape index (κ1) is 24.7. The molecular weight excluding hydrogens is 463 g/mol. The largest absolute Gasteiger partial charge is 0.329 e. The summed E-state index contributed by atoms with van der Waals surface area (Å²) in [6.45, 7) is 5.55. The molecule has 1 heterocycles. The van der Waals surface area contributed by atoms with E-state index in [4.69, 9.17) is 4.98 Å². The van der Waals surface area contributed by atoms with Gasteiger partial charge in [0.25, 0.3) is 17.2 Å². The molecule has 0 radical (unpaired) electrons. The summed E-state index contributed by atoms with van der Waals surface area (Å²) in [5.74, 6) is -0.536. The molecule has 4 rings (SSSR count). The number of amides is 1. The van der Waals surface area contributed by atoms with Crippen LogP contribution < -0.4 is 5.56 Å². The molecule has 1 amide bonds. The molecule has 3 aromatic carbocycles. The van der Waals surface area contributed by atoms with Crippen molar-refractivity contribution in [3.05, 3.63) is 110 Å². The number of carbonyl (C=O) groups is 1. The Morgan fingerprint density at radius 1 is 1.11 bits per heavy atom. The number of benzene rings is 3. The molecule has 184 valence electrons. The SMILES string of the molecule is CCC(c1nc2ccccc2c(=O)n1-c1ccc(F)cc1)N(CC)C(=O)c1ccc(C)c([N+](=O)[O-])c1. The Morgan fingerprint density at radius 2 is 1.81 bits per heavy atom. The van der Waals surface area contributed by atoms with E-state index in [9.17, 15) is 24.1 Å². The Kier molecular flexibility index (Phi) is 6.91. The lowest BCUT2D eigenvalue weighted by Gasteiger charge is -2.31. The Morgan fingerprint density at radius 3 is 2.44 bits per heavy atom. The summed E-state index contributed by atoms with van der Waals surface area (Å²) in [6.07, 6.45) is 0.416. The number of nitrogens with zero attached hydrogens (tertiary/aromatic N) is 4. The van der Waals surface area contributed by atoms with E-state index in [0.717, 1.165) is 0 Å². The lowest BCUT2D eigenvalue weighted by molar-refractivity contribution is -0.385. The second kappa shape index (κ2) is 10.1. The van der Waals surface area contributed by atoms with Crippen molar-refractivity contribution in [2.75, 3.05) is 6.54 Å². The Balaban J connectivity index is 1.91. The van der Waals surface area contributed by atoms with E-state index in [1.165, 1.54) is 34.9 Å². The minimum atomic E-state index is -0.634. The predicted octanol–water partition coefficient (Wildman–Crippen LogP) is 5.35. The summed E-state index contributed by atoms with van der Waals surface area (Å²) in [5, 5.41) is 11.8. The van der Waals surface area contributed by atoms with Crippen molar-refractivity contribution in [3.8, 4) is 5.69 Å². The number of rotatable bonds is 7. The molecule has 9 heteroatoms. The topological polar surface area (TPSA) is 98.3 Å². The van der Waals surface area contributed by atoms with Crippen LogP contribution in [-0.2, 0) is 0 Å². The monoisotopic (exact) mass is 488 g/mol. The third-order valence-electron chi connectivity index (χ3n) is 6.20. The third kappa shape index (κ3) is 4.47. The third-order valence-corrected chi connectivity index (χ3v) is 6.20. The van der Waals surface area contributed by atoms with E-state index in [2.05, 4.69) is 0 Å². The number of nitro benzene ring substituents is 1. The van der Waals surface area contributed by atoms with Crippen LogP contribution in [0.25, 0.3) is 16.6 Å². The lowest BCUT2D eigenvalue weighted by atomic mass is 10.1. The van der Waals surface area contributed by atoms with Crippen molar-refractivity contribution in [2.24, 2.45) is 0 Å². The molecule has 0 aliphatic heterocycles. The van der Waals surface area contributed by atoms with Crippen LogP contribution in [0.2, 0.25) is 0 Å². The van der Waals surface area contributed by atoms with Crippen molar-refractivity contribution in [3.63, 3.8) is 0 Å². The first-order valence-corrected chi connectivity index (χ1v) is 11.6. The fraction of sp³-hybridized carbons (Fsp3) is 0.222. The van der Waals surface area contributed by atoms with Gasteiger partial charge >= 0.3 is 0 Å². The zero-order valence-corrected chi connectivity index (χ0v) is 20.1. The molecular formula is C27H25FN4O4. The average Bonchev–Trinajstić information content (AvgIpc) is 2.87. The fourth-order valence-electron chi connectivity index (χ4n) is 4.37. The highest BCUT2D eigenvalue weighted by molar-refractivity contribution is 5.95. The minimum absolute atomic E-state index is 0.142. The van der Waals surface area contributed by atoms with Gasteiger partial charge in [0.2, 0.25) is 0 Å². The van der Waals surface area contributed by atoms with E-state index in [-0.39, 0.29) is 23.4 Å². The molecule has 1 unspecified atom stereocenters. The predicted molar refractivity (Wildman–Crippen MR) is 135 cm³/mol. The lowest BCUT2D eigenvalue weighted by Crippen LogP contribution is -2.38. The van der Waals surface area contributed by atoms with Crippen molar-refractivity contribution in [1.29, 1.82) is 0 Å². The van der Waals surface area contributed by atoms with E-state index in [0.29, 0.717) is 34.4 Å².